The summed E-state index contributed by atoms with van der Waals surface area (Å²) < 4.78 is 2.98. The van der Waals surface area contributed by atoms with Crippen molar-refractivity contribution in [2.75, 3.05) is 32.7 Å². The number of rotatable bonds is 5. The highest BCUT2D eigenvalue weighted by Crippen LogP contribution is 2.23. The van der Waals surface area contributed by atoms with Crippen LogP contribution in [0, 0.1) is 6.92 Å². The van der Waals surface area contributed by atoms with Crippen LogP contribution in [0.1, 0.15) is 10.7 Å². The van der Waals surface area contributed by atoms with Crippen molar-refractivity contribution in [1.82, 2.24) is 24.7 Å². The molecule has 0 spiro atoms. The molecule has 0 saturated carbocycles. The van der Waals surface area contributed by atoms with Gasteiger partial charge in [0, 0.05) is 50.7 Å². The van der Waals surface area contributed by atoms with Crippen LogP contribution >= 0.6 is 22.9 Å². The van der Waals surface area contributed by atoms with Crippen LogP contribution in [-0.2, 0) is 13.1 Å². The van der Waals surface area contributed by atoms with Crippen LogP contribution in [0.25, 0.3) is 11.0 Å². The second kappa shape index (κ2) is 8.51. The predicted molar refractivity (Wildman–Crippen MR) is 114 cm³/mol. The zero-order valence-corrected chi connectivity index (χ0v) is 17.5. The molecule has 3 heterocycles. The van der Waals surface area contributed by atoms with Gasteiger partial charge in [0.2, 0.25) is 0 Å². The normalized spacial score (nSPS) is 15.3. The molecule has 2 aromatic heterocycles. The molecule has 1 aliphatic heterocycles. The molecular formula is C20H24ClN5OS. The minimum Gasteiger partial charge on any atom is -0.336 e. The SMILES string of the molecule is Cc1nc2ccccc2n1CCNC(=O)N1CCN(Cc2ccc(Cl)s2)CC1. The maximum absolute atomic E-state index is 12.5. The maximum Gasteiger partial charge on any atom is 0.317 e. The Morgan fingerprint density at radius 2 is 1.96 bits per heavy atom. The second-order valence-corrected chi connectivity index (χ2v) is 8.80. The number of halogens is 1. The number of urea groups is 1. The molecule has 0 atom stereocenters. The summed E-state index contributed by atoms with van der Waals surface area (Å²) in [7, 11) is 0. The molecule has 1 fully saturated rings. The smallest absolute Gasteiger partial charge is 0.317 e. The number of hydrogen-bond donors (Lipinski definition) is 1. The summed E-state index contributed by atoms with van der Waals surface area (Å²) in [6.07, 6.45) is 0. The number of aryl methyl sites for hydroxylation is 1. The number of hydrogen-bond acceptors (Lipinski definition) is 4. The fraction of sp³-hybridized carbons (Fsp3) is 0.400. The first kappa shape index (κ1) is 19.2. The van der Waals surface area contributed by atoms with Crippen molar-refractivity contribution in [3.8, 4) is 0 Å². The Balaban J connectivity index is 1.24. The van der Waals surface area contributed by atoms with Crippen LogP contribution < -0.4 is 5.32 Å². The number of piperazine rings is 1. The van der Waals surface area contributed by atoms with E-state index < -0.39 is 0 Å². The number of carbonyl (C=O) groups is 1. The lowest BCUT2D eigenvalue weighted by atomic mass is 10.3. The number of thiophene rings is 1. The zero-order chi connectivity index (χ0) is 19.5. The summed E-state index contributed by atoms with van der Waals surface area (Å²) in [6.45, 7) is 7.48. The standard InChI is InChI=1S/C20H24ClN5OS/c1-15-23-17-4-2-3-5-18(17)26(15)9-8-22-20(27)25-12-10-24(11-13-25)14-16-6-7-19(21)28-16/h2-7H,8-14H2,1H3,(H,22,27). The molecule has 0 bridgehead atoms. The average molecular weight is 418 g/mol. The number of nitrogens with one attached hydrogen (secondary N) is 1. The first-order valence-corrected chi connectivity index (χ1v) is 10.7. The van der Waals surface area contributed by atoms with Gasteiger partial charge in [0.25, 0.3) is 0 Å². The van der Waals surface area contributed by atoms with Gasteiger partial charge in [-0.1, -0.05) is 23.7 Å². The molecule has 1 saturated heterocycles. The zero-order valence-electron chi connectivity index (χ0n) is 15.9. The van der Waals surface area contributed by atoms with E-state index in [2.05, 4.69) is 31.9 Å². The number of nitrogens with zero attached hydrogens (tertiary/aromatic N) is 4. The van der Waals surface area contributed by atoms with Crippen LogP contribution in [0.5, 0.6) is 0 Å². The minimum absolute atomic E-state index is 0.0147. The molecule has 28 heavy (non-hydrogen) atoms. The van der Waals surface area contributed by atoms with Crippen LogP contribution in [0.15, 0.2) is 36.4 Å². The number of amides is 2. The first-order valence-electron chi connectivity index (χ1n) is 9.51. The number of imidazole rings is 1. The van der Waals surface area contributed by atoms with Crippen molar-refractivity contribution in [1.29, 1.82) is 0 Å². The lowest BCUT2D eigenvalue weighted by Crippen LogP contribution is -2.51. The number of benzene rings is 1. The Hall–Kier alpha value is -2.09. The van der Waals surface area contributed by atoms with Crippen LogP contribution in [0.4, 0.5) is 4.79 Å². The third kappa shape index (κ3) is 4.32. The van der Waals surface area contributed by atoms with E-state index in [-0.39, 0.29) is 6.03 Å². The summed E-state index contributed by atoms with van der Waals surface area (Å²) >= 11 is 7.63. The molecule has 0 radical (unpaired) electrons. The van der Waals surface area contributed by atoms with E-state index >= 15 is 0 Å². The Bertz CT molecular complexity index is 961. The summed E-state index contributed by atoms with van der Waals surface area (Å²) in [5.74, 6) is 0.970. The van der Waals surface area contributed by atoms with Gasteiger partial charge in [0.15, 0.2) is 0 Å². The van der Waals surface area contributed by atoms with Crippen LogP contribution in [-0.4, -0.2) is 58.1 Å². The van der Waals surface area contributed by atoms with E-state index in [0.29, 0.717) is 6.54 Å². The van der Waals surface area contributed by atoms with Gasteiger partial charge >= 0.3 is 6.03 Å². The Kier molecular flexibility index (Phi) is 5.85. The van der Waals surface area contributed by atoms with Gasteiger partial charge in [0.05, 0.1) is 15.4 Å². The lowest BCUT2D eigenvalue weighted by Gasteiger charge is -2.34. The number of fused-ring (bicyclic) bond motifs is 1. The van der Waals surface area contributed by atoms with Gasteiger partial charge in [-0.3, -0.25) is 4.90 Å². The van der Waals surface area contributed by atoms with Crippen molar-refractivity contribution in [3.63, 3.8) is 0 Å². The van der Waals surface area contributed by atoms with Crippen molar-refractivity contribution in [3.05, 3.63) is 51.4 Å². The van der Waals surface area contributed by atoms with Crippen molar-refractivity contribution in [2.24, 2.45) is 0 Å². The van der Waals surface area contributed by atoms with Gasteiger partial charge in [-0.15, -0.1) is 11.3 Å². The number of para-hydroxylation sites is 2. The molecule has 148 valence electrons. The largest absolute Gasteiger partial charge is 0.336 e. The van der Waals surface area contributed by atoms with E-state index in [1.165, 1.54) is 4.88 Å². The molecule has 3 aromatic rings. The lowest BCUT2D eigenvalue weighted by molar-refractivity contribution is 0.136. The van der Waals surface area contributed by atoms with E-state index in [1.54, 1.807) is 11.3 Å². The summed E-state index contributed by atoms with van der Waals surface area (Å²) in [4.78, 5) is 22.6. The van der Waals surface area contributed by atoms with E-state index in [4.69, 9.17) is 11.6 Å². The first-order chi connectivity index (χ1) is 13.6. The molecule has 1 aliphatic rings. The fourth-order valence-electron chi connectivity index (χ4n) is 3.63. The highest BCUT2D eigenvalue weighted by atomic mass is 35.5. The molecule has 1 aromatic carbocycles. The molecule has 2 amide bonds. The fourth-order valence-corrected chi connectivity index (χ4v) is 4.76. The quantitative estimate of drug-likeness (QED) is 0.690. The summed E-state index contributed by atoms with van der Waals surface area (Å²) in [5.41, 5.74) is 2.10. The Morgan fingerprint density at radius 3 is 2.71 bits per heavy atom. The van der Waals surface area contributed by atoms with Crippen molar-refractivity contribution >= 4 is 40.0 Å². The van der Waals surface area contributed by atoms with E-state index in [9.17, 15) is 4.79 Å². The molecule has 0 unspecified atom stereocenters. The highest BCUT2D eigenvalue weighted by molar-refractivity contribution is 7.16. The molecule has 1 N–H and O–H groups in total. The summed E-state index contributed by atoms with van der Waals surface area (Å²) in [5, 5.41) is 3.05. The predicted octanol–water partition coefficient (Wildman–Crippen LogP) is 3.59. The van der Waals surface area contributed by atoms with E-state index in [1.807, 2.05) is 36.1 Å². The van der Waals surface area contributed by atoms with Crippen LogP contribution in [0.3, 0.4) is 0 Å². The summed E-state index contributed by atoms with van der Waals surface area (Å²) in [6, 6.07) is 12.1. The van der Waals surface area contributed by atoms with Crippen molar-refractivity contribution < 1.29 is 4.79 Å². The van der Waals surface area contributed by atoms with Gasteiger partial charge in [-0.2, -0.15) is 0 Å². The topological polar surface area (TPSA) is 53.4 Å². The number of carbonyl (C=O) groups excluding carboxylic acids is 1. The average Bonchev–Trinajstić information content (AvgIpc) is 3.25. The molecule has 6 nitrogen and oxygen atoms in total. The second-order valence-electron chi connectivity index (χ2n) is 7.00. The van der Waals surface area contributed by atoms with Gasteiger partial charge in [-0.05, 0) is 31.2 Å². The van der Waals surface area contributed by atoms with Gasteiger partial charge < -0.3 is 14.8 Å². The molecule has 8 heteroatoms. The third-order valence-electron chi connectivity index (χ3n) is 5.12. The van der Waals surface area contributed by atoms with Crippen molar-refractivity contribution in [2.45, 2.75) is 20.0 Å². The third-order valence-corrected chi connectivity index (χ3v) is 6.34. The van der Waals surface area contributed by atoms with Crippen LogP contribution in [0.2, 0.25) is 4.34 Å². The van der Waals surface area contributed by atoms with Gasteiger partial charge in [-0.25, -0.2) is 9.78 Å². The maximum atomic E-state index is 12.5. The monoisotopic (exact) mass is 417 g/mol. The highest BCUT2D eigenvalue weighted by Gasteiger charge is 2.21. The Labute approximate surface area is 173 Å². The molecule has 4 rings (SSSR count). The molecular weight excluding hydrogens is 394 g/mol. The van der Waals surface area contributed by atoms with Gasteiger partial charge in [0.1, 0.15) is 5.82 Å². The molecule has 0 aliphatic carbocycles. The number of aromatic nitrogens is 2. The minimum atomic E-state index is 0.0147. The van der Waals surface area contributed by atoms with E-state index in [0.717, 1.165) is 60.5 Å². The Morgan fingerprint density at radius 1 is 1.18 bits per heavy atom.